The number of hydrogen-bond acceptors (Lipinski definition) is 4. The second-order valence-electron chi connectivity index (χ2n) is 7.66. The number of ether oxygens (including phenoxy) is 1. The highest BCUT2D eigenvalue weighted by molar-refractivity contribution is 7.92. The number of amides is 1. The molecular formula is C24H23FN2O4S. The zero-order valence-electron chi connectivity index (χ0n) is 17.5. The summed E-state index contributed by atoms with van der Waals surface area (Å²) in [5.74, 6) is -0.126. The zero-order chi connectivity index (χ0) is 22.7. The van der Waals surface area contributed by atoms with Gasteiger partial charge >= 0.3 is 0 Å². The lowest BCUT2D eigenvalue weighted by molar-refractivity contribution is -0.134. The first-order valence-electron chi connectivity index (χ1n) is 10.2. The van der Waals surface area contributed by atoms with E-state index < -0.39 is 15.8 Å². The molecule has 0 aliphatic carbocycles. The maximum atomic E-state index is 13.0. The van der Waals surface area contributed by atoms with Gasteiger partial charge in [-0.2, -0.15) is 0 Å². The summed E-state index contributed by atoms with van der Waals surface area (Å²) < 4.78 is 46.4. The Morgan fingerprint density at radius 1 is 1.06 bits per heavy atom. The molecule has 0 saturated heterocycles. The number of carbonyl (C=O) groups excluding carboxylic acids is 1. The second kappa shape index (κ2) is 9.00. The molecule has 1 aliphatic heterocycles. The third-order valence-corrected chi connectivity index (χ3v) is 6.77. The number of halogens is 1. The number of anilines is 1. The molecule has 0 radical (unpaired) electrons. The van der Waals surface area contributed by atoms with Crippen molar-refractivity contribution in [2.75, 3.05) is 17.9 Å². The summed E-state index contributed by atoms with van der Waals surface area (Å²) in [4.78, 5) is 14.4. The van der Waals surface area contributed by atoms with Crippen LogP contribution in [0.15, 0.2) is 71.6 Å². The Labute approximate surface area is 186 Å². The summed E-state index contributed by atoms with van der Waals surface area (Å²) in [6.07, 6.45) is 0.814. The maximum absolute atomic E-state index is 13.0. The van der Waals surface area contributed by atoms with E-state index >= 15 is 0 Å². The van der Waals surface area contributed by atoms with Crippen LogP contribution in [0.25, 0.3) is 0 Å². The van der Waals surface area contributed by atoms with Crippen LogP contribution in [0.1, 0.15) is 16.7 Å². The molecule has 1 amide bonds. The van der Waals surface area contributed by atoms with E-state index in [1.807, 2.05) is 18.2 Å². The molecule has 166 valence electrons. The number of aryl methyl sites for hydroxylation is 1. The van der Waals surface area contributed by atoms with Crippen LogP contribution < -0.4 is 9.46 Å². The normalized spacial score (nSPS) is 13.4. The molecule has 0 fully saturated rings. The summed E-state index contributed by atoms with van der Waals surface area (Å²) in [5, 5.41) is 0. The van der Waals surface area contributed by atoms with E-state index in [1.165, 1.54) is 48.0 Å². The van der Waals surface area contributed by atoms with Crippen molar-refractivity contribution >= 4 is 21.6 Å². The first kappa shape index (κ1) is 21.8. The number of benzene rings is 3. The van der Waals surface area contributed by atoms with Crippen molar-refractivity contribution in [1.82, 2.24) is 4.90 Å². The minimum atomic E-state index is -3.85. The third-order valence-electron chi connectivity index (χ3n) is 5.39. The van der Waals surface area contributed by atoms with Gasteiger partial charge in [0, 0.05) is 18.8 Å². The molecule has 3 aromatic rings. The van der Waals surface area contributed by atoms with Gasteiger partial charge in [-0.25, -0.2) is 12.8 Å². The number of nitrogens with one attached hydrogen (secondary N) is 1. The number of rotatable bonds is 6. The third kappa shape index (κ3) is 4.91. The van der Waals surface area contributed by atoms with Gasteiger partial charge in [-0.3, -0.25) is 9.52 Å². The smallest absolute Gasteiger partial charge is 0.261 e. The van der Waals surface area contributed by atoms with Gasteiger partial charge in [0.2, 0.25) is 0 Å². The van der Waals surface area contributed by atoms with E-state index in [1.54, 1.807) is 11.8 Å². The van der Waals surface area contributed by atoms with Crippen LogP contribution in [-0.4, -0.2) is 32.4 Å². The van der Waals surface area contributed by atoms with E-state index in [0.29, 0.717) is 24.4 Å². The molecule has 4 rings (SSSR count). The summed E-state index contributed by atoms with van der Waals surface area (Å²) in [6, 6.07) is 17.6. The lowest BCUT2D eigenvalue weighted by Gasteiger charge is -2.28. The van der Waals surface area contributed by atoms with Gasteiger partial charge in [-0.15, -0.1) is 0 Å². The van der Waals surface area contributed by atoms with Gasteiger partial charge < -0.3 is 9.64 Å². The standard InChI is InChI=1S/C24H23FN2O4S/c1-17-14-22(32(29,30)26-21-8-6-20(25)7-9-21)10-11-23(17)31-16-24(28)27-13-12-18-4-2-3-5-19(18)15-27/h2-11,14,26H,12-13,15-16H2,1H3. The average molecular weight is 455 g/mol. The van der Waals surface area contributed by atoms with Gasteiger partial charge in [0.05, 0.1) is 4.90 Å². The van der Waals surface area contributed by atoms with Crippen LogP contribution in [-0.2, 0) is 27.8 Å². The van der Waals surface area contributed by atoms with Crippen molar-refractivity contribution in [3.63, 3.8) is 0 Å². The Morgan fingerprint density at radius 2 is 1.78 bits per heavy atom. The summed E-state index contributed by atoms with van der Waals surface area (Å²) in [7, 11) is -3.85. The van der Waals surface area contributed by atoms with Crippen molar-refractivity contribution in [3.05, 3.63) is 89.2 Å². The zero-order valence-corrected chi connectivity index (χ0v) is 18.4. The number of carbonyl (C=O) groups is 1. The predicted molar refractivity (Wildman–Crippen MR) is 119 cm³/mol. The Hall–Kier alpha value is -3.39. The van der Waals surface area contributed by atoms with E-state index in [4.69, 9.17) is 4.74 Å². The minimum Gasteiger partial charge on any atom is -0.483 e. The van der Waals surface area contributed by atoms with Gasteiger partial charge in [-0.05, 0) is 72.5 Å². The SMILES string of the molecule is Cc1cc(S(=O)(=O)Nc2ccc(F)cc2)ccc1OCC(=O)N1CCc2ccccc2C1. The first-order chi connectivity index (χ1) is 15.3. The second-order valence-corrected chi connectivity index (χ2v) is 9.34. The van der Waals surface area contributed by atoms with Crippen LogP contribution in [0.2, 0.25) is 0 Å². The van der Waals surface area contributed by atoms with E-state index in [0.717, 1.165) is 12.0 Å². The van der Waals surface area contributed by atoms with Crippen molar-refractivity contribution in [2.24, 2.45) is 0 Å². The Kier molecular flexibility index (Phi) is 6.14. The molecule has 1 heterocycles. The lowest BCUT2D eigenvalue weighted by Crippen LogP contribution is -2.38. The van der Waals surface area contributed by atoms with Crippen molar-refractivity contribution < 1.29 is 22.3 Å². The first-order valence-corrected chi connectivity index (χ1v) is 11.7. The highest BCUT2D eigenvalue weighted by Crippen LogP contribution is 2.24. The highest BCUT2D eigenvalue weighted by atomic mass is 32.2. The minimum absolute atomic E-state index is 0.0469. The Balaban J connectivity index is 1.39. The number of nitrogens with zero attached hydrogens (tertiary/aromatic N) is 1. The van der Waals surface area contributed by atoms with Gasteiger partial charge in [-0.1, -0.05) is 24.3 Å². The molecule has 0 bridgehead atoms. The molecule has 0 unspecified atom stereocenters. The van der Waals surface area contributed by atoms with E-state index in [2.05, 4.69) is 10.8 Å². The molecule has 0 spiro atoms. The van der Waals surface area contributed by atoms with E-state index in [9.17, 15) is 17.6 Å². The Morgan fingerprint density at radius 3 is 2.50 bits per heavy atom. The molecule has 0 aromatic heterocycles. The molecule has 6 nitrogen and oxygen atoms in total. The molecule has 1 N–H and O–H groups in total. The average Bonchev–Trinajstić information content (AvgIpc) is 2.79. The van der Waals surface area contributed by atoms with Crippen molar-refractivity contribution in [2.45, 2.75) is 24.8 Å². The van der Waals surface area contributed by atoms with Crippen molar-refractivity contribution in [1.29, 1.82) is 0 Å². The summed E-state index contributed by atoms with van der Waals surface area (Å²) in [5.41, 5.74) is 3.26. The molecule has 0 atom stereocenters. The van der Waals surface area contributed by atoms with Gasteiger partial charge in [0.15, 0.2) is 6.61 Å². The maximum Gasteiger partial charge on any atom is 0.261 e. The molecular weight excluding hydrogens is 431 g/mol. The summed E-state index contributed by atoms with van der Waals surface area (Å²) >= 11 is 0. The number of sulfonamides is 1. The molecule has 0 saturated carbocycles. The van der Waals surface area contributed by atoms with Crippen LogP contribution in [0.5, 0.6) is 5.75 Å². The van der Waals surface area contributed by atoms with Gasteiger partial charge in [0.1, 0.15) is 11.6 Å². The van der Waals surface area contributed by atoms with Crippen LogP contribution in [0, 0.1) is 12.7 Å². The summed E-state index contributed by atoms with van der Waals surface area (Å²) in [6.45, 7) is 2.80. The largest absolute Gasteiger partial charge is 0.483 e. The predicted octanol–water partition coefficient (Wildman–Crippen LogP) is 3.90. The van der Waals surface area contributed by atoms with Crippen LogP contribution >= 0.6 is 0 Å². The monoisotopic (exact) mass is 454 g/mol. The quantitative estimate of drug-likeness (QED) is 0.613. The van der Waals surface area contributed by atoms with Crippen LogP contribution in [0.3, 0.4) is 0 Å². The molecule has 8 heteroatoms. The molecule has 1 aliphatic rings. The molecule has 32 heavy (non-hydrogen) atoms. The highest BCUT2D eigenvalue weighted by Gasteiger charge is 2.21. The number of hydrogen-bond donors (Lipinski definition) is 1. The Bertz CT molecular complexity index is 1240. The molecule has 3 aromatic carbocycles. The topological polar surface area (TPSA) is 75.7 Å². The number of fused-ring (bicyclic) bond motifs is 1. The fourth-order valence-corrected chi connectivity index (χ4v) is 4.77. The van der Waals surface area contributed by atoms with Crippen LogP contribution in [0.4, 0.5) is 10.1 Å². The van der Waals surface area contributed by atoms with Gasteiger partial charge in [0.25, 0.3) is 15.9 Å². The fraction of sp³-hybridized carbons (Fsp3) is 0.208. The van der Waals surface area contributed by atoms with Crippen molar-refractivity contribution in [3.8, 4) is 5.75 Å². The fourth-order valence-electron chi connectivity index (χ4n) is 3.62. The van der Waals surface area contributed by atoms with E-state index in [-0.39, 0.29) is 23.1 Å². The lowest BCUT2D eigenvalue weighted by atomic mass is 10.00.